The largest absolute Gasteiger partial charge is 0.208 e. The van der Waals surface area contributed by atoms with Crippen LogP contribution in [0.5, 0.6) is 0 Å². The van der Waals surface area contributed by atoms with Crippen LogP contribution in [-0.2, 0) is 16.2 Å². The van der Waals surface area contributed by atoms with Gasteiger partial charge in [0.2, 0.25) is 0 Å². The number of fused-ring (bicyclic) bond motifs is 15. The summed E-state index contributed by atoms with van der Waals surface area (Å²) in [6, 6.07) is 174. The molecule has 9 nitrogen and oxygen atoms in total. The van der Waals surface area contributed by atoms with E-state index in [9.17, 15) is 0 Å². The first-order chi connectivity index (χ1) is 72.1. The minimum absolute atomic E-state index is 0.0492. The van der Waals surface area contributed by atoms with E-state index in [2.05, 4.69) is 351 Å². The van der Waals surface area contributed by atoms with Crippen molar-refractivity contribution >= 4 is 32.3 Å². The smallest absolute Gasteiger partial charge is 0.164 e. The Morgan fingerprint density at radius 1 is 0.122 bits per heavy atom. The van der Waals surface area contributed by atoms with Crippen LogP contribution in [0, 0.1) is 0 Å². The zero-order chi connectivity index (χ0) is 98.9. The number of nitrogens with zero attached hydrogens (tertiary/aromatic N) is 9. The summed E-state index contributed by atoms with van der Waals surface area (Å²) in [6.45, 7) is 14.1. The molecule has 9 heteroatoms. The summed E-state index contributed by atoms with van der Waals surface area (Å²) in [6.07, 6.45) is 0. The van der Waals surface area contributed by atoms with Crippen molar-refractivity contribution in [3.63, 3.8) is 0 Å². The van der Waals surface area contributed by atoms with Crippen molar-refractivity contribution in [3.05, 3.63) is 525 Å². The number of hydrogen-bond acceptors (Lipinski definition) is 9. The molecular weight excluding hydrogens is 1780 g/mol. The quantitative estimate of drug-likeness (QED) is 0.0989. The first-order valence-corrected chi connectivity index (χ1v) is 50.4. The lowest BCUT2D eigenvalue weighted by atomic mass is 9.80. The third-order valence-electron chi connectivity index (χ3n) is 29.7. The highest BCUT2D eigenvalue weighted by atomic mass is 15.1. The fourth-order valence-electron chi connectivity index (χ4n) is 22.4. The van der Waals surface area contributed by atoms with E-state index in [0.717, 1.165) is 77.9 Å². The Morgan fingerprint density at radius 3 is 0.701 bits per heavy atom. The van der Waals surface area contributed by atoms with E-state index in [1.54, 1.807) is 0 Å². The molecule has 0 amide bonds. The van der Waals surface area contributed by atoms with Crippen LogP contribution in [-0.4, -0.2) is 44.9 Å². The molecular formula is C138H99N9. The summed E-state index contributed by atoms with van der Waals surface area (Å²) in [5, 5.41) is 7.78. The standard InChI is InChI=1S/3C46H33N3/c1-46(2)41-22-10-9-21-38(41)39-26-25-30-23-24-36(29-40(30)42(39)46)34-18-11-17-33(27-34)35-19-12-20-37(28-35)45-48-43(31-13-5-3-6-14-31)47-44(49-45)32-15-7-4-8-16-32;1-46(2)41-23-12-11-21-38(41)39-27-25-35-29-33(24-26-37(35)42(39)46)32-18-13-19-34(28-32)36-20-9-10-22-40(36)45-48-43(30-14-5-3-6-15-30)47-44(49-45)31-16-7-4-8-17-31;1-46(2)41-19-10-9-18-38(41)39-27-26-31-22-25-37(29-40(31)42(39)46)36-17-11-16-35(28-36)30-20-23-34(24-21-30)45-48-43(32-12-5-3-6-13-32)47-44(49-45)33-14-7-4-8-15-33/h3*3-29H,1-2H3. The molecule has 3 aliphatic rings. The Morgan fingerprint density at radius 2 is 0.340 bits per heavy atom. The Kier molecular flexibility index (Phi) is 22.8. The highest BCUT2D eigenvalue weighted by molar-refractivity contribution is 6.03. The zero-order valence-electron chi connectivity index (χ0n) is 82.3. The van der Waals surface area contributed by atoms with Gasteiger partial charge in [-0.25, -0.2) is 44.9 Å². The molecule has 3 heterocycles. The molecule has 0 saturated carbocycles. The maximum Gasteiger partial charge on any atom is 0.164 e. The van der Waals surface area contributed by atoms with Gasteiger partial charge in [-0.05, 0) is 208 Å². The average Bonchev–Trinajstić information content (AvgIpc) is 1.57. The maximum atomic E-state index is 5.03. The summed E-state index contributed by atoms with van der Waals surface area (Å²) >= 11 is 0. The molecule has 0 aliphatic heterocycles. The first-order valence-electron chi connectivity index (χ1n) is 50.4. The van der Waals surface area contributed by atoms with Crippen molar-refractivity contribution in [2.45, 2.75) is 57.8 Å². The third kappa shape index (κ3) is 16.8. The van der Waals surface area contributed by atoms with Crippen LogP contribution in [0.4, 0.5) is 0 Å². The molecule has 0 saturated heterocycles. The van der Waals surface area contributed by atoms with E-state index >= 15 is 0 Å². The topological polar surface area (TPSA) is 116 Å². The van der Waals surface area contributed by atoms with Crippen molar-refractivity contribution in [1.29, 1.82) is 0 Å². The van der Waals surface area contributed by atoms with E-state index in [4.69, 9.17) is 44.9 Å². The predicted octanol–water partition coefficient (Wildman–Crippen LogP) is 35.0. The highest BCUT2D eigenvalue weighted by Crippen LogP contribution is 2.56. The van der Waals surface area contributed by atoms with Crippen LogP contribution in [0.25, 0.3) is 235 Å². The normalized spacial score (nSPS) is 12.9. The number of hydrogen-bond donors (Lipinski definition) is 0. The molecule has 0 unspecified atom stereocenters. The van der Waals surface area contributed by atoms with Crippen molar-refractivity contribution < 1.29 is 0 Å². The fraction of sp³-hybridized carbons (Fsp3) is 0.0652. The van der Waals surface area contributed by atoms with E-state index in [0.29, 0.717) is 52.4 Å². The fourth-order valence-corrected chi connectivity index (χ4v) is 22.4. The van der Waals surface area contributed by atoms with E-state index < -0.39 is 0 Å². The number of benzene rings is 21. The SMILES string of the molecule is CC1(C)c2ccccc2-c2ccc3cc(-c4cccc(-c5ccccc5-c5nc(-c6ccccc6)nc(-c6ccccc6)n5)c4)ccc3c21.CC1(C)c2ccccc2-c2ccc3ccc(-c4cccc(-c5ccc(-c6nc(-c7ccccc7)nc(-c7ccccc7)n6)cc5)c4)cc3c21.CC1(C)c2ccccc2-c2ccc3ccc(-c4cccc(-c5cccc(-c6nc(-c7ccccc7)nc(-c7ccccc7)n6)c5)c4)cc3c21. The van der Waals surface area contributed by atoms with Gasteiger partial charge in [0, 0.05) is 66.3 Å². The van der Waals surface area contributed by atoms with Crippen LogP contribution in [0.3, 0.4) is 0 Å². The Bertz CT molecular complexity index is 9050. The molecule has 27 rings (SSSR count). The molecule has 696 valence electrons. The lowest BCUT2D eigenvalue weighted by Gasteiger charge is -2.23. The molecule has 0 spiro atoms. The minimum atomic E-state index is -0.0673. The van der Waals surface area contributed by atoms with Gasteiger partial charge in [0.1, 0.15) is 0 Å². The van der Waals surface area contributed by atoms with Gasteiger partial charge in [0.25, 0.3) is 0 Å². The van der Waals surface area contributed by atoms with Crippen molar-refractivity contribution in [3.8, 4) is 203 Å². The second-order valence-corrected chi connectivity index (χ2v) is 39.8. The Hall–Kier alpha value is -18.6. The third-order valence-corrected chi connectivity index (χ3v) is 29.7. The monoisotopic (exact) mass is 1880 g/mol. The summed E-state index contributed by atoms with van der Waals surface area (Å²) in [4.78, 5) is 44.4. The van der Waals surface area contributed by atoms with Gasteiger partial charge in [-0.3, -0.25) is 0 Å². The molecule has 3 aliphatic carbocycles. The molecule has 147 heavy (non-hydrogen) atoms. The highest BCUT2D eigenvalue weighted by Gasteiger charge is 2.40. The molecule has 0 atom stereocenters. The van der Waals surface area contributed by atoms with Crippen LogP contribution >= 0.6 is 0 Å². The Labute approximate surface area is 856 Å². The van der Waals surface area contributed by atoms with Gasteiger partial charge < -0.3 is 0 Å². The van der Waals surface area contributed by atoms with Gasteiger partial charge in [-0.2, -0.15) is 0 Å². The van der Waals surface area contributed by atoms with E-state index in [1.165, 1.54) is 138 Å². The van der Waals surface area contributed by atoms with Gasteiger partial charge in [0.15, 0.2) is 52.4 Å². The van der Waals surface area contributed by atoms with Crippen molar-refractivity contribution in [2.24, 2.45) is 0 Å². The maximum absolute atomic E-state index is 5.03. The van der Waals surface area contributed by atoms with Crippen molar-refractivity contribution in [1.82, 2.24) is 44.9 Å². The van der Waals surface area contributed by atoms with Gasteiger partial charge in [-0.1, -0.05) is 490 Å². The molecule has 0 bridgehead atoms. The van der Waals surface area contributed by atoms with Crippen LogP contribution in [0.15, 0.2) is 491 Å². The average molecular weight is 1880 g/mol. The lowest BCUT2D eigenvalue weighted by Crippen LogP contribution is -2.15. The summed E-state index contributed by atoms with van der Waals surface area (Å²) < 4.78 is 0. The summed E-state index contributed by atoms with van der Waals surface area (Å²) in [5.74, 6) is 5.90. The second kappa shape index (κ2) is 37.4. The van der Waals surface area contributed by atoms with Crippen molar-refractivity contribution in [2.75, 3.05) is 0 Å². The van der Waals surface area contributed by atoms with Crippen LogP contribution in [0.2, 0.25) is 0 Å². The minimum Gasteiger partial charge on any atom is -0.208 e. The molecule has 24 aromatic rings. The molecule has 0 N–H and O–H groups in total. The second-order valence-electron chi connectivity index (χ2n) is 39.8. The number of rotatable bonds is 15. The molecule has 3 aromatic heterocycles. The molecule has 21 aromatic carbocycles. The number of aromatic nitrogens is 9. The molecule has 0 radical (unpaired) electrons. The predicted molar refractivity (Wildman–Crippen MR) is 606 cm³/mol. The first kappa shape index (κ1) is 89.8. The van der Waals surface area contributed by atoms with Gasteiger partial charge in [-0.15, -0.1) is 0 Å². The summed E-state index contributed by atoms with van der Waals surface area (Å²) in [7, 11) is 0. The Balaban J connectivity index is 0.000000115. The van der Waals surface area contributed by atoms with E-state index in [-0.39, 0.29) is 16.2 Å². The summed E-state index contributed by atoms with van der Waals surface area (Å²) in [5.41, 5.74) is 38.9. The van der Waals surface area contributed by atoms with Crippen LogP contribution < -0.4 is 0 Å². The lowest BCUT2D eigenvalue weighted by molar-refractivity contribution is 0.666. The van der Waals surface area contributed by atoms with Gasteiger partial charge in [0.05, 0.1) is 0 Å². The molecule has 0 fully saturated rings. The van der Waals surface area contributed by atoms with E-state index in [1.807, 2.05) is 182 Å². The van der Waals surface area contributed by atoms with Crippen LogP contribution in [0.1, 0.15) is 74.9 Å². The van der Waals surface area contributed by atoms with Gasteiger partial charge >= 0.3 is 0 Å². The zero-order valence-corrected chi connectivity index (χ0v) is 82.3.